The first-order valence-corrected chi connectivity index (χ1v) is 12.5. The standard InChI is InChI=1S/C29H37NO6/c1-4-5-6-7-8-9-10-11-12-23-14-16-24(17-15-23)19-30-27-21(2)13-18-25(28(34)35)29(27,22(3)31)36-20-26(32)33/h13-18,25,30H,4-10,19-20H2,1-3H3,(H,32,33)(H,34,35). The second-order valence-electron chi connectivity index (χ2n) is 9.08. The lowest BCUT2D eigenvalue weighted by Gasteiger charge is -2.40. The molecule has 0 amide bonds. The topological polar surface area (TPSA) is 113 Å². The molecule has 3 N–H and O–H groups in total. The van der Waals surface area contributed by atoms with Gasteiger partial charge in [0.1, 0.15) is 12.5 Å². The molecule has 0 fully saturated rings. The molecule has 2 atom stereocenters. The van der Waals surface area contributed by atoms with Gasteiger partial charge in [-0.05, 0) is 43.5 Å². The van der Waals surface area contributed by atoms with Crippen LogP contribution in [0.4, 0.5) is 0 Å². The van der Waals surface area contributed by atoms with Crippen LogP contribution in [0.25, 0.3) is 0 Å². The second kappa shape index (κ2) is 14.3. The minimum Gasteiger partial charge on any atom is -0.481 e. The Bertz CT molecular complexity index is 1040. The van der Waals surface area contributed by atoms with E-state index in [0.717, 1.165) is 24.0 Å². The van der Waals surface area contributed by atoms with Gasteiger partial charge in [-0.3, -0.25) is 9.59 Å². The molecule has 0 radical (unpaired) electrons. The molecule has 0 heterocycles. The number of carboxylic acids is 2. The lowest BCUT2D eigenvalue weighted by Crippen LogP contribution is -2.56. The molecule has 1 aromatic rings. The molecule has 1 aromatic carbocycles. The Morgan fingerprint density at radius 1 is 1.06 bits per heavy atom. The van der Waals surface area contributed by atoms with Gasteiger partial charge in [-0.2, -0.15) is 0 Å². The van der Waals surface area contributed by atoms with Gasteiger partial charge in [0.25, 0.3) is 0 Å². The zero-order valence-corrected chi connectivity index (χ0v) is 21.4. The van der Waals surface area contributed by atoms with Crippen molar-refractivity contribution in [2.45, 2.75) is 77.9 Å². The summed E-state index contributed by atoms with van der Waals surface area (Å²) < 4.78 is 5.53. The summed E-state index contributed by atoms with van der Waals surface area (Å²) in [7, 11) is 0. The lowest BCUT2D eigenvalue weighted by atomic mass is 9.75. The SMILES string of the molecule is CCCCCCCCC#Cc1ccc(CNC2=C(C)C=CC(C(=O)O)C2(OCC(=O)O)C(C)=O)cc1. The van der Waals surface area contributed by atoms with Crippen molar-refractivity contribution in [1.82, 2.24) is 5.32 Å². The zero-order valence-electron chi connectivity index (χ0n) is 21.4. The van der Waals surface area contributed by atoms with Gasteiger partial charge in [-0.1, -0.05) is 75.2 Å². The van der Waals surface area contributed by atoms with Gasteiger partial charge in [0, 0.05) is 18.5 Å². The molecule has 2 rings (SSSR count). The Morgan fingerprint density at radius 3 is 2.33 bits per heavy atom. The molecule has 7 heteroatoms. The van der Waals surface area contributed by atoms with Crippen molar-refractivity contribution < 1.29 is 29.3 Å². The Kier molecular flexibility index (Phi) is 11.4. The first-order valence-electron chi connectivity index (χ1n) is 12.5. The van der Waals surface area contributed by atoms with Crippen LogP contribution in [0.1, 0.15) is 76.8 Å². The number of allylic oxidation sites excluding steroid dienone is 2. The number of rotatable bonds is 14. The van der Waals surface area contributed by atoms with Gasteiger partial charge >= 0.3 is 11.9 Å². The van der Waals surface area contributed by atoms with Crippen LogP contribution in [0.15, 0.2) is 47.7 Å². The minimum atomic E-state index is -1.95. The van der Waals surface area contributed by atoms with E-state index in [-0.39, 0.29) is 5.70 Å². The fourth-order valence-electron chi connectivity index (χ4n) is 4.32. The van der Waals surface area contributed by atoms with Gasteiger partial charge in [0.2, 0.25) is 0 Å². The maximum atomic E-state index is 12.8. The number of ketones is 1. The number of hydrogen-bond donors (Lipinski definition) is 3. The largest absolute Gasteiger partial charge is 0.481 e. The number of Topliss-reactive ketones (excluding diaryl/α,β-unsaturated/α-hetero) is 1. The Morgan fingerprint density at radius 2 is 1.72 bits per heavy atom. The number of carboxylic acid groups (broad SMARTS) is 2. The quantitative estimate of drug-likeness (QED) is 0.250. The Labute approximate surface area is 213 Å². The summed E-state index contributed by atoms with van der Waals surface area (Å²) in [6, 6.07) is 7.68. The van der Waals surface area contributed by atoms with Crippen LogP contribution in [0.3, 0.4) is 0 Å². The molecule has 0 saturated carbocycles. The molecule has 0 aliphatic heterocycles. The van der Waals surface area contributed by atoms with Crippen LogP contribution in [-0.4, -0.2) is 40.1 Å². The predicted octanol–water partition coefficient (Wildman–Crippen LogP) is 4.85. The van der Waals surface area contributed by atoms with Crippen LogP contribution in [0, 0.1) is 17.8 Å². The summed E-state index contributed by atoms with van der Waals surface area (Å²) in [5, 5.41) is 22.1. The van der Waals surface area contributed by atoms with Gasteiger partial charge in [-0.25, -0.2) is 4.79 Å². The smallest absolute Gasteiger partial charge is 0.329 e. The van der Waals surface area contributed by atoms with E-state index in [9.17, 15) is 19.5 Å². The molecule has 0 spiro atoms. The Hall–Kier alpha value is -3.37. The summed E-state index contributed by atoms with van der Waals surface area (Å²) in [5.74, 6) is 1.90. The van der Waals surface area contributed by atoms with Crippen LogP contribution in [0.5, 0.6) is 0 Å². The number of carbonyl (C=O) groups is 3. The molecule has 2 unspecified atom stereocenters. The third-order valence-electron chi connectivity index (χ3n) is 6.27. The van der Waals surface area contributed by atoms with E-state index < -0.39 is 35.8 Å². The molecule has 0 bridgehead atoms. The van der Waals surface area contributed by atoms with E-state index in [4.69, 9.17) is 9.84 Å². The van der Waals surface area contributed by atoms with Crippen molar-refractivity contribution in [2.24, 2.45) is 5.92 Å². The molecular weight excluding hydrogens is 458 g/mol. The Balaban J connectivity index is 2.09. The van der Waals surface area contributed by atoms with E-state index >= 15 is 0 Å². The molecule has 1 aliphatic rings. The van der Waals surface area contributed by atoms with E-state index in [1.54, 1.807) is 13.0 Å². The van der Waals surface area contributed by atoms with E-state index in [2.05, 4.69) is 24.1 Å². The highest BCUT2D eigenvalue weighted by Crippen LogP contribution is 2.37. The molecule has 0 saturated heterocycles. The fourth-order valence-corrected chi connectivity index (χ4v) is 4.32. The van der Waals surface area contributed by atoms with Gasteiger partial charge in [0.15, 0.2) is 11.4 Å². The van der Waals surface area contributed by atoms with E-state index in [1.165, 1.54) is 45.1 Å². The molecule has 0 aromatic heterocycles. The second-order valence-corrected chi connectivity index (χ2v) is 9.08. The third-order valence-corrected chi connectivity index (χ3v) is 6.27. The summed E-state index contributed by atoms with van der Waals surface area (Å²) >= 11 is 0. The number of hydrogen-bond acceptors (Lipinski definition) is 5. The molecular formula is C29H37NO6. The monoisotopic (exact) mass is 495 g/mol. The highest BCUT2D eigenvalue weighted by Gasteiger charge is 2.53. The number of aliphatic carboxylic acids is 2. The maximum Gasteiger partial charge on any atom is 0.329 e. The average molecular weight is 496 g/mol. The van der Waals surface area contributed by atoms with Crippen molar-refractivity contribution in [2.75, 3.05) is 6.61 Å². The van der Waals surface area contributed by atoms with Gasteiger partial charge in [-0.15, -0.1) is 0 Å². The van der Waals surface area contributed by atoms with Crippen molar-refractivity contribution >= 4 is 17.7 Å². The number of benzene rings is 1. The van der Waals surface area contributed by atoms with Crippen LogP contribution in [0.2, 0.25) is 0 Å². The summed E-state index contributed by atoms with van der Waals surface area (Å²) in [5.41, 5.74) is 0.716. The van der Waals surface area contributed by atoms with E-state index in [1.807, 2.05) is 24.3 Å². The fraction of sp³-hybridized carbons (Fsp3) is 0.483. The van der Waals surface area contributed by atoms with Gasteiger partial charge in [0.05, 0.1) is 5.70 Å². The van der Waals surface area contributed by atoms with Gasteiger partial charge < -0.3 is 20.3 Å². The van der Waals surface area contributed by atoms with Crippen LogP contribution < -0.4 is 5.32 Å². The van der Waals surface area contributed by atoms with Crippen molar-refractivity contribution in [1.29, 1.82) is 0 Å². The van der Waals surface area contributed by atoms with Crippen LogP contribution in [-0.2, 0) is 25.7 Å². The number of nitrogens with one attached hydrogen (secondary N) is 1. The normalized spacial score (nSPS) is 18.9. The number of ether oxygens (including phenoxy) is 1. The summed E-state index contributed by atoms with van der Waals surface area (Å²) in [6.07, 6.45) is 11.3. The molecule has 7 nitrogen and oxygen atoms in total. The molecule has 194 valence electrons. The minimum absolute atomic E-state index is 0.258. The van der Waals surface area contributed by atoms with Crippen molar-refractivity contribution in [3.63, 3.8) is 0 Å². The number of unbranched alkanes of at least 4 members (excludes halogenated alkanes) is 6. The van der Waals surface area contributed by atoms with E-state index in [0.29, 0.717) is 12.1 Å². The highest BCUT2D eigenvalue weighted by atomic mass is 16.5. The van der Waals surface area contributed by atoms with Crippen molar-refractivity contribution in [3.8, 4) is 11.8 Å². The predicted molar refractivity (Wildman–Crippen MR) is 138 cm³/mol. The average Bonchev–Trinajstić information content (AvgIpc) is 2.84. The maximum absolute atomic E-state index is 12.8. The van der Waals surface area contributed by atoms with Crippen LogP contribution >= 0.6 is 0 Å². The van der Waals surface area contributed by atoms with Crippen molar-refractivity contribution in [3.05, 3.63) is 58.8 Å². The first kappa shape index (κ1) is 28.9. The number of carbonyl (C=O) groups excluding carboxylic acids is 1. The third kappa shape index (κ3) is 7.82. The highest BCUT2D eigenvalue weighted by molar-refractivity contribution is 5.96. The lowest BCUT2D eigenvalue weighted by molar-refractivity contribution is -0.166. The zero-order chi connectivity index (χ0) is 26.6. The first-order chi connectivity index (χ1) is 17.2. The summed E-state index contributed by atoms with van der Waals surface area (Å²) in [6.45, 7) is 4.64. The summed E-state index contributed by atoms with van der Waals surface area (Å²) in [4.78, 5) is 35.9. The molecule has 1 aliphatic carbocycles. The molecule has 36 heavy (non-hydrogen) atoms.